The first-order valence-electron chi connectivity index (χ1n) is 17.2. The van der Waals surface area contributed by atoms with E-state index in [9.17, 15) is 9.59 Å². The van der Waals surface area contributed by atoms with Gasteiger partial charge in [0, 0.05) is 64.9 Å². The number of amides is 2. The van der Waals surface area contributed by atoms with Crippen LogP contribution in [0.2, 0.25) is 0 Å². The molecule has 0 aromatic carbocycles. The molecular formula is C37H57N9O2. The van der Waals surface area contributed by atoms with Gasteiger partial charge in [0.05, 0.1) is 29.8 Å². The molecule has 0 aliphatic carbocycles. The zero-order chi connectivity index (χ0) is 35.5. The fourth-order valence-electron chi connectivity index (χ4n) is 5.38. The van der Waals surface area contributed by atoms with Gasteiger partial charge in [0.25, 0.3) is 11.8 Å². The molecule has 3 aromatic rings. The third kappa shape index (κ3) is 11.8. The van der Waals surface area contributed by atoms with Crippen LogP contribution in [-0.4, -0.2) is 78.9 Å². The van der Waals surface area contributed by atoms with Crippen LogP contribution in [0.5, 0.6) is 0 Å². The Morgan fingerprint density at radius 2 is 1.29 bits per heavy atom. The highest BCUT2D eigenvalue weighted by Gasteiger charge is 2.21. The number of anilines is 2. The summed E-state index contributed by atoms with van der Waals surface area (Å²) in [4.78, 5) is 40.6. The smallest absolute Gasteiger partial charge is 0.269 e. The number of hydrogen-bond donors (Lipinski definition) is 3. The Kier molecular flexibility index (Phi) is 17.5. The second kappa shape index (κ2) is 21.3. The molecule has 0 radical (unpaired) electrons. The van der Waals surface area contributed by atoms with Crippen molar-refractivity contribution >= 4 is 29.4 Å². The molecule has 11 heteroatoms. The second-order valence-corrected chi connectivity index (χ2v) is 11.2. The van der Waals surface area contributed by atoms with Crippen LogP contribution in [0.3, 0.4) is 0 Å². The molecule has 5 rings (SSSR count). The molecule has 262 valence electrons. The summed E-state index contributed by atoms with van der Waals surface area (Å²) >= 11 is 0. The number of pyridine rings is 2. The number of hydrogen-bond acceptors (Lipinski definition) is 8. The molecule has 2 amide bonds. The van der Waals surface area contributed by atoms with Crippen molar-refractivity contribution < 1.29 is 9.59 Å². The molecule has 11 nitrogen and oxygen atoms in total. The number of allylic oxidation sites excluding steroid dienone is 1. The first-order chi connectivity index (χ1) is 23.3. The summed E-state index contributed by atoms with van der Waals surface area (Å²) in [6, 6.07) is 10.6. The summed E-state index contributed by atoms with van der Waals surface area (Å²) in [6.07, 6.45) is 15.6. The van der Waals surface area contributed by atoms with Gasteiger partial charge in [-0.1, -0.05) is 27.7 Å². The molecule has 0 atom stereocenters. The quantitative estimate of drug-likeness (QED) is 0.274. The molecule has 2 fully saturated rings. The minimum absolute atomic E-state index is 0.145. The van der Waals surface area contributed by atoms with Gasteiger partial charge in [-0.05, 0) is 87.2 Å². The first kappa shape index (κ1) is 39.5. The molecule has 2 saturated heterocycles. The molecule has 3 aromatic heterocycles. The Morgan fingerprint density at radius 3 is 1.67 bits per heavy atom. The topological polar surface area (TPSA) is 134 Å². The fourth-order valence-corrected chi connectivity index (χ4v) is 5.38. The van der Waals surface area contributed by atoms with Crippen LogP contribution in [0.1, 0.15) is 92.9 Å². The van der Waals surface area contributed by atoms with Gasteiger partial charge in [-0.15, -0.1) is 0 Å². The lowest BCUT2D eigenvalue weighted by atomic mass is 10.0. The zero-order valence-electron chi connectivity index (χ0n) is 30.2. The zero-order valence-corrected chi connectivity index (χ0v) is 30.2. The summed E-state index contributed by atoms with van der Waals surface area (Å²) < 4.78 is 2.33. The van der Waals surface area contributed by atoms with E-state index < -0.39 is 0 Å². The van der Waals surface area contributed by atoms with Crippen molar-refractivity contribution in [1.82, 2.24) is 25.2 Å². The lowest BCUT2D eigenvalue weighted by molar-refractivity contribution is 0.0950. The summed E-state index contributed by atoms with van der Waals surface area (Å²) in [6.45, 7) is 16.0. The maximum Gasteiger partial charge on any atom is 0.269 e. The number of piperidine rings is 2. The Labute approximate surface area is 287 Å². The van der Waals surface area contributed by atoms with Crippen LogP contribution in [0.4, 0.5) is 11.4 Å². The monoisotopic (exact) mass is 659 g/mol. The third-order valence-corrected chi connectivity index (χ3v) is 8.11. The SMILES string of the molecule is CC.CC.CNC(=O)c1ccc(N2CCC(N=C/C(C)=C\N)CC2)cn1.CNC(=O)c1ccc(N2CCC(n3ccc(C)c3)CC2)cn1. The molecule has 2 aliphatic heterocycles. The minimum atomic E-state index is -0.164. The van der Waals surface area contributed by atoms with Crippen molar-refractivity contribution in [3.05, 3.63) is 83.8 Å². The first-order valence-corrected chi connectivity index (χ1v) is 17.2. The third-order valence-electron chi connectivity index (χ3n) is 8.11. The van der Waals surface area contributed by atoms with E-state index in [1.54, 1.807) is 44.8 Å². The Bertz CT molecular complexity index is 1420. The van der Waals surface area contributed by atoms with E-state index in [-0.39, 0.29) is 11.8 Å². The van der Waals surface area contributed by atoms with Gasteiger partial charge < -0.3 is 30.7 Å². The van der Waals surface area contributed by atoms with Crippen molar-refractivity contribution in [1.29, 1.82) is 0 Å². The summed E-state index contributed by atoms with van der Waals surface area (Å²) in [5, 5.41) is 5.16. The number of nitrogens with one attached hydrogen (secondary N) is 2. The molecule has 0 unspecified atom stereocenters. The summed E-state index contributed by atoms with van der Waals surface area (Å²) in [5.74, 6) is -0.309. The Balaban J connectivity index is 0.000000302. The van der Waals surface area contributed by atoms with Gasteiger partial charge in [-0.25, -0.2) is 9.97 Å². The molecule has 4 N–H and O–H groups in total. The number of aryl methyl sites for hydroxylation is 1. The minimum Gasteiger partial charge on any atom is -0.404 e. The standard InChI is InChI=1S/C17H22N4O.C16H23N5O.2C2H6/c1-13-5-8-21(12-13)14-6-9-20(10-7-14)15-3-4-16(19-11-15)17(22)18-2;1-12(9-17)10-19-13-5-7-21(8-6-13)14-3-4-15(20-11-14)16(22)18-2;2*1-2/h3-5,8,11-12,14H,6-7,9-10H2,1-2H3,(H,18,22);3-4,9-11,13H,5-8,17H2,1-2H3,(H,18,22);2*1-2H3/b;12-9-,19-10?;;. The number of nitrogens with two attached hydrogens (primary N) is 1. The number of aliphatic imine (C=N–C) groups is 1. The Hall–Kier alpha value is -4.67. The van der Waals surface area contributed by atoms with Crippen molar-refractivity contribution in [2.75, 3.05) is 50.1 Å². The number of aromatic nitrogens is 3. The van der Waals surface area contributed by atoms with E-state index in [0.29, 0.717) is 23.5 Å². The van der Waals surface area contributed by atoms with Crippen LogP contribution in [0, 0.1) is 6.92 Å². The van der Waals surface area contributed by atoms with E-state index in [1.807, 2.05) is 53.0 Å². The molecule has 0 saturated carbocycles. The molecule has 2 aliphatic rings. The lowest BCUT2D eigenvalue weighted by Gasteiger charge is -2.34. The predicted octanol–water partition coefficient (Wildman–Crippen LogP) is 5.79. The fraction of sp³-hybridized carbons (Fsp3) is 0.486. The lowest BCUT2D eigenvalue weighted by Crippen LogP contribution is -2.35. The van der Waals surface area contributed by atoms with Crippen molar-refractivity contribution in [3.63, 3.8) is 0 Å². The maximum absolute atomic E-state index is 11.5. The second-order valence-electron chi connectivity index (χ2n) is 11.2. The van der Waals surface area contributed by atoms with Crippen LogP contribution < -0.4 is 26.2 Å². The van der Waals surface area contributed by atoms with Crippen LogP contribution in [0.25, 0.3) is 0 Å². The highest BCUT2D eigenvalue weighted by atomic mass is 16.2. The van der Waals surface area contributed by atoms with Crippen LogP contribution >= 0.6 is 0 Å². The maximum atomic E-state index is 11.5. The number of carbonyl (C=O) groups excluding carboxylic acids is 2. The Morgan fingerprint density at radius 1 is 0.812 bits per heavy atom. The molecular weight excluding hydrogens is 602 g/mol. The average Bonchev–Trinajstić information content (AvgIpc) is 3.61. The number of nitrogens with zero attached hydrogens (tertiary/aromatic N) is 6. The van der Waals surface area contributed by atoms with E-state index >= 15 is 0 Å². The average molecular weight is 660 g/mol. The van der Waals surface area contributed by atoms with Gasteiger partial charge in [-0.3, -0.25) is 14.6 Å². The van der Waals surface area contributed by atoms with Gasteiger partial charge in [-0.2, -0.15) is 0 Å². The van der Waals surface area contributed by atoms with E-state index in [0.717, 1.165) is 68.8 Å². The van der Waals surface area contributed by atoms with Crippen molar-refractivity contribution in [2.45, 2.75) is 79.3 Å². The van der Waals surface area contributed by atoms with Crippen LogP contribution in [0.15, 0.2) is 71.9 Å². The van der Waals surface area contributed by atoms with E-state index in [2.05, 4.69) is 65.3 Å². The molecule has 0 spiro atoms. The predicted molar refractivity (Wildman–Crippen MR) is 199 cm³/mol. The number of rotatable bonds is 7. The molecule has 0 bridgehead atoms. The normalized spacial score (nSPS) is 15.3. The van der Waals surface area contributed by atoms with E-state index in [4.69, 9.17) is 5.73 Å². The highest BCUT2D eigenvalue weighted by Crippen LogP contribution is 2.27. The van der Waals surface area contributed by atoms with E-state index in [1.165, 1.54) is 5.56 Å². The molecule has 5 heterocycles. The largest absolute Gasteiger partial charge is 0.404 e. The summed E-state index contributed by atoms with van der Waals surface area (Å²) in [5.41, 5.74) is 10.8. The molecule has 48 heavy (non-hydrogen) atoms. The van der Waals surface area contributed by atoms with Gasteiger partial charge in [0.2, 0.25) is 0 Å². The summed E-state index contributed by atoms with van der Waals surface area (Å²) in [7, 11) is 3.22. The van der Waals surface area contributed by atoms with Crippen molar-refractivity contribution in [2.24, 2.45) is 10.7 Å². The van der Waals surface area contributed by atoms with Crippen molar-refractivity contribution in [3.8, 4) is 0 Å². The van der Waals surface area contributed by atoms with Gasteiger partial charge >= 0.3 is 0 Å². The van der Waals surface area contributed by atoms with Crippen LogP contribution in [-0.2, 0) is 0 Å². The van der Waals surface area contributed by atoms with Gasteiger partial charge in [0.15, 0.2) is 0 Å². The number of carbonyl (C=O) groups is 2. The highest BCUT2D eigenvalue weighted by molar-refractivity contribution is 5.92. The van der Waals surface area contributed by atoms with Gasteiger partial charge in [0.1, 0.15) is 11.4 Å².